The van der Waals surface area contributed by atoms with Crippen molar-refractivity contribution < 1.29 is 0 Å². The lowest BCUT2D eigenvalue weighted by Gasteiger charge is -2.47. The summed E-state index contributed by atoms with van der Waals surface area (Å²) < 4.78 is 0. The molecule has 0 aromatic carbocycles. The van der Waals surface area contributed by atoms with Crippen molar-refractivity contribution in [2.24, 2.45) is 11.8 Å². The maximum Gasteiger partial charge on any atom is 0.0246 e. The first-order chi connectivity index (χ1) is 13.6. The van der Waals surface area contributed by atoms with E-state index in [4.69, 9.17) is 0 Å². The van der Waals surface area contributed by atoms with Gasteiger partial charge >= 0.3 is 0 Å². The van der Waals surface area contributed by atoms with Crippen LogP contribution in [0.25, 0.3) is 0 Å². The maximum absolute atomic E-state index is 2.94. The van der Waals surface area contributed by atoms with Gasteiger partial charge in [-0.3, -0.25) is 0 Å². The maximum atomic E-state index is 2.94. The van der Waals surface area contributed by atoms with Gasteiger partial charge in [0, 0.05) is 25.2 Å². The van der Waals surface area contributed by atoms with Gasteiger partial charge in [-0.1, -0.05) is 85.5 Å². The Balaban J connectivity index is 2.09. The van der Waals surface area contributed by atoms with Crippen LogP contribution in [-0.4, -0.2) is 35.2 Å². The Kier molecular flexibility index (Phi) is 12.1. The van der Waals surface area contributed by atoms with Crippen LogP contribution in [0.4, 0.5) is 0 Å². The smallest absolute Gasteiger partial charge is 0.0246 e. The number of nitrogens with zero attached hydrogens (tertiary/aromatic N) is 2. The van der Waals surface area contributed by atoms with Crippen LogP contribution in [0.3, 0.4) is 0 Å². The molecule has 1 heterocycles. The van der Waals surface area contributed by atoms with Crippen molar-refractivity contribution in [2.75, 3.05) is 13.1 Å². The molecule has 28 heavy (non-hydrogen) atoms. The average Bonchev–Trinajstić information content (AvgIpc) is 2.59. The van der Waals surface area contributed by atoms with Crippen molar-refractivity contribution in [1.29, 1.82) is 0 Å². The molecule has 0 bridgehead atoms. The summed E-state index contributed by atoms with van der Waals surface area (Å²) in [5.41, 5.74) is 0. The molecule has 2 heteroatoms. The molecule has 166 valence electrons. The highest BCUT2D eigenvalue weighted by atomic mass is 15.6. The zero-order chi connectivity index (χ0) is 20.2. The van der Waals surface area contributed by atoms with E-state index in [2.05, 4.69) is 37.7 Å². The van der Waals surface area contributed by atoms with Crippen molar-refractivity contribution in [1.82, 2.24) is 10.0 Å². The summed E-state index contributed by atoms with van der Waals surface area (Å²) in [4.78, 5) is 0. The van der Waals surface area contributed by atoms with E-state index in [1.165, 1.54) is 116 Å². The van der Waals surface area contributed by atoms with Gasteiger partial charge in [-0.15, -0.1) is 0 Å². The Bertz CT molecular complexity index is 371. The molecule has 2 nitrogen and oxygen atoms in total. The van der Waals surface area contributed by atoms with Gasteiger partial charge in [-0.2, -0.15) is 0 Å². The molecule has 1 atom stereocenters. The van der Waals surface area contributed by atoms with Crippen molar-refractivity contribution in [3.8, 4) is 0 Å². The van der Waals surface area contributed by atoms with Crippen LogP contribution in [0.2, 0.25) is 0 Å². The van der Waals surface area contributed by atoms with Crippen molar-refractivity contribution in [3.05, 3.63) is 0 Å². The molecule has 1 saturated heterocycles. The molecule has 2 aliphatic rings. The molecule has 0 aromatic heterocycles. The second-order valence-electron chi connectivity index (χ2n) is 10.7. The predicted octanol–water partition coefficient (Wildman–Crippen LogP) is 7.82. The summed E-state index contributed by atoms with van der Waals surface area (Å²) in [5, 5.41) is 5.87. The molecular formula is C26H52N2. The Morgan fingerprint density at radius 1 is 0.679 bits per heavy atom. The number of hydrazine groups is 1. The number of rotatable bonds is 9. The monoisotopic (exact) mass is 392 g/mol. The summed E-state index contributed by atoms with van der Waals surface area (Å²) in [7, 11) is 0. The highest BCUT2D eigenvalue weighted by Gasteiger charge is 2.30. The second-order valence-corrected chi connectivity index (χ2v) is 10.7. The first-order valence-corrected chi connectivity index (χ1v) is 13.1. The zero-order valence-electron chi connectivity index (χ0n) is 19.9. The van der Waals surface area contributed by atoms with E-state index in [9.17, 15) is 0 Å². The fourth-order valence-corrected chi connectivity index (χ4v) is 5.47. The summed E-state index contributed by atoms with van der Waals surface area (Å²) >= 11 is 0. The van der Waals surface area contributed by atoms with E-state index in [1.807, 2.05) is 0 Å². The molecule has 0 spiro atoms. The van der Waals surface area contributed by atoms with Gasteiger partial charge in [0.1, 0.15) is 0 Å². The Hall–Kier alpha value is -0.0800. The van der Waals surface area contributed by atoms with Crippen LogP contribution >= 0.6 is 0 Å². The minimum Gasteiger partial charge on any atom is -0.238 e. The Morgan fingerprint density at radius 3 is 1.93 bits per heavy atom. The first kappa shape index (κ1) is 24.2. The van der Waals surface area contributed by atoms with Crippen LogP contribution in [0.15, 0.2) is 0 Å². The molecule has 1 aliphatic carbocycles. The van der Waals surface area contributed by atoms with Gasteiger partial charge in [-0.05, 0) is 56.8 Å². The summed E-state index contributed by atoms with van der Waals surface area (Å²) in [6.45, 7) is 12.2. The van der Waals surface area contributed by atoms with Crippen molar-refractivity contribution >= 4 is 0 Å². The molecule has 0 radical (unpaired) electrons. The van der Waals surface area contributed by atoms with E-state index in [0.29, 0.717) is 0 Å². The Labute approximate surface area is 177 Å². The van der Waals surface area contributed by atoms with Gasteiger partial charge in [0.25, 0.3) is 0 Å². The van der Waals surface area contributed by atoms with Crippen LogP contribution < -0.4 is 0 Å². The topological polar surface area (TPSA) is 6.48 Å². The second kappa shape index (κ2) is 14.0. The third-order valence-corrected chi connectivity index (χ3v) is 7.16. The quantitative estimate of drug-likeness (QED) is 0.394. The lowest BCUT2D eigenvalue weighted by molar-refractivity contribution is -0.110. The fourth-order valence-electron chi connectivity index (χ4n) is 5.47. The molecule has 1 saturated carbocycles. The van der Waals surface area contributed by atoms with Crippen molar-refractivity contribution in [3.63, 3.8) is 0 Å². The molecule has 0 aromatic rings. The normalized spacial score (nSPS) is 24.9. The van der Waals surface area contributed by atoms with E-state index in [1.54, 1.807) is 0 Å². The number of hydrogen-bond donors (Lipinski definition) is 0. The molecule has 1 aliphatic heterocycles. The average molecular weight is 393 g/mol. The molecule has 2 rings (SSSR count). The van der Waals surface area contributed by atoms with Crippen molar-refractivity contribution in [2.45, 2.75) is 143 Å². The standard InChI is InChI=1S/C26H52N2/c1-23(2)15-13-20-26-19-11-8-12-21-27(28(26)22-14-16-24(3)4)25-17-9-6-5-7-10-18-25/h23-26H,5-22H2,1-4H3. The SMILES string of the molecule is CC(C)CCCC1CCCCCN(C2CCCCCCC2)N1CCCC(C)C. The van der Waals surface area contributed by atoms with Crippen LogP contribution in [0, 0.1) is 11.8 Å². The minimum atomic E-state index is 0.802. The van der Waals surface area contributed by atoms with Gasteiger partial charge in [-0.25, -0.2) is 10.0 Å². The van der Waals surface area contributed by atoms with Crippen LogP contribution in [0.1, 0.15) is 130 Å². The van der Waals surface area contributed by atoms with E-state index in [-0.39, 0.29) is 0 Å². The summed E-state index contributed by atoms with van der Waals surface area (Å²) in [5.74, 6) is 1.69. The van der Waals surface area contributed by atoms with Crippen LogP contribution in [-0.2, 0) is 0 Å². The molecule has 1 unspecified atom stereocenters. The molecule has 0 amide bonds. The van der Waals surface area contributed by atoms with Gasteiger partial charge < -0.3 is 0 Å². The zero-order valence-corrected chi connectivity index (χ0v) is 19.9. The summed E-state index contributed by atoms with van der Waals surface area (Å²) in [6, 6.07) is 1.63. The largest absolute Gasteiger partial charge is 0.238 e. The van der Waals surface area contributed by atoms with Gasteiger partial charge in [0.2, 0.25) is 0 Å². The lowest BCUT2D eigenvalue weighted by Crippen LogP contribution is -2.55. The van der Waals surface area contributed by atoms with E-state index >= 15 is 0 Å². The third-order valence-electron chi connectivity index (χ3n) is 7.16. The third kappa shape index (κ3) is 9.16. The fraction of sp³-hybridized carbons (Fsp3) is 1.00. The highest BCUT2D eigenvalue weighted by Crippen LogP contribution is 2.29. The lowest BCUT2D eigenvalue weighted by atomic mass is 9.94. The van der Waals surface area contributed by atoms with Gasteiger partial charge in [0.05, 0.1) is 0 Å². The minimum absolute atomic E-state index is 0.802. The highest BCUT2D eigenvalue weighted by molar-refractivity contribution is 4.80. The van der Waals surface area contributed by atoms with E-state index < -0.39 is 0 Å². The molecule has 0 N–H and O–H groups in total. The van der Waals surface area contributed by atoms with Crippen LogP contribution in [0.5, 0.6) is 0 Å². The van der Waals surface area contributed by atoms with Gasteiger partial charge in [0.15, 0.2) is 0 Å². The first-order valence-electron chi connectivity index (χ1n) is 13.1. The summed E-state index contributed by atoms with van der Waals surface area (Å²) in [6.07, 6.45) is 23.0. The number of hydrogen-bond acceptors (Lipinski definition) is 2. The molecule has 2 fully saturated rings. The molecular weight excluding hydrogens is 340 g/mol. The Morgan fingerprint density at radius 2 is 1.25 bits per heavy atom. The van der Waals surface area contributed by atoms with E-state index in [0.717, 1.165) is 23.9 Å². The predicted molar refractivity (Wildman–Crippen MR) is 125 cm³/mol.